The third kappa shape index (κ3) is 2.29. The lowest BCUT2D eigenvalue weighted by molar-refractivity contribution is -0.151. The number of likely N-dealkylation sites (tertiary alicyclic amines) is 1. The highest BCUT2D eigenvalue weighted by Gasteiger charge is 2.41. The van der Waals surface area contributed by atoms with Gasteiger partial charge in [-0.1, -0.05) is 28.1 Å². The van der Waals surface area contributed by atoms with Gasteiger partial charge in [0.05, 0.1) is 5.41 Å². The molecule has 108 valence electrons. The quantitative estimate of drug-likeness (QED) is 0.895. The lowest BCUT2D eigenvalue weighted by atomic mass is 9.81. The van der Waals surface area contributed by atoms with Crippen LogP contribution < -0.4 is 0 Å². The Morgan fingerprint density at radius 2 is 2.30 bits per heavy atom. The van der Waals surface area contributed by atoms with Gasteiger partial charge in [0.2, 0.25) is 0 Å². The third-order valence-electron chi connectivity index (χ3n) is 4.86. The Kier molecular flexibility index (Phi) is 3.63. The molecule has 2 atom stereocenters. The van der Waals surface area contributed by atoms with Gasteiger partial charge in [-0.2, -0.15) is 0 Å². The minimum atomic E-state index is -0.658. The molecule has 1 aliphatic heterocycles. The van der Waals surface area contributed by atoms with E-state index in [1.807, 2.05) is 6.92 Å². The number of carbonyl (C=O) groups is 1. The maximum Gasteiger partial charge on any atom is 0.310 e. The van der Waals surface area contributed by atoms with Gasteiger partial charge in [-0.25, -0.2) is 0 Å². The maximum atomic E-state index is 11.5. The summed E-state index contributed by atoms with van der Waals surface area (Å²) in [6.45, 7) is 3.57. The highest BCUT2D eigenvalue weighted by atomic mass is 79.9. The second-order valence-corrected chi connectivity index (χ2v) is 7.16. The third-order valence-corrected chi connectivity index (χ3v) is 5.61. The first-order chi connectivity index (χ1) is 9.51. The zero-order chi connectivity index (χ0) is 14.3. The Morgan fingerprint density at radius 1 is 1.50 bits per heavy atom. The first-order valence-corrected chi connectivity index (χ1v) is 8.05. The molecule has 1 aromatic rings. The van der Waals surface area contributed by atoms with E-state index in [1.165, 1.54) is 15.6 Å². The van der Waals surface area contributed by atoms with Crippen LogP contribution in [0.4, 0.5) is 0 Å². The van der Waals surface area contributed by atoms with Crippen LogP contribution >= 0.6 is 15.9 Å². The molecule has 0 radical (unpaired) electrons. The van der Waals surface area contributed by atoms with Crippen molar-refractivity contribution in [3.8, 4) is 0 Å². The van der Waals surface area contributed by atoms with Gasteiger partial charge in [0, 0.05) is 17.1 Å². The molecular formula is C16H20BrNO2. The highest BCUT2D eigenvalue weighted by Crippen LogP contribution is 2.42. The molecular weight excluding hydrogens is 318 g/mol. The highest BCUT2D eigenvalue weighted by molar-refractivity contribution is 9.10. The van der Waals surface area contributed by atoms with Crippen LogP contribution in [0.25, 0.3) is 0 Å². The molecule has 2 aliphatic rings. The Bertz CT molecular complexity index is 545. The molecule has 0 aromatic heterocycles. The van der Waals surface area contributed by atoms with Crippen molar-refractivity contribution in [2.75, 3.05) is 13.1 Å². The van der Waals surface area contributed by atoms with Crippen molar-refractivity contribution in [1.29, 1.82) is 0 Å². The molecule has 1 fully saturated rings. The van der Waals surface area contributed by atoms with Gasteiger partial charge < -0.3 is 5.11 Å². The van der Waals surface area contributed by atoms with E-state index < -0.39 is 11.4 Å². The molecule has 3 nitrogen and oxygen atoms in total. The Hall–Kier alpha value is -0.870. The van der Waals surface area contributed by atoms with Crippen LogP contribution in [0, 0.1) is 5.41 Å². The average Bonchev–Trinajstić information content (AvgIpc) is 2.84. The van der Waals surface area contributed by atoms with Gasteiger partial charge in [0.25, 0.3) is 0 Å². The second-order valence-electron chi connectivity index (χ2n) is 6.30. The lowest BCUT2D eigenvalue weighted by Crippen LogP contribution is -2.46. The molecule has 1 aromatic carbocycles. The molecule has 0 amide bonds. The molecule has 1 aliphatic carbocycles. The maximum absolute atomic E-state index is 11.5. The first-order valence-electron chi connectivity index (χ1n) is 7.26. The SMILES string of the molecule is CC1(C(=O)O)CCCN(C2CCc3c(Br)cccc32)C1. The van der Waals surface area contributed by atoms with Gasteiger partial charge in [-0.15, -0.1) is 0 Å². The number of nitrogens with zero attached hydrogens (tertiary/aromatic N) is 1. The fourth-order valence-corrected chi connectivity index (χ4v) is 4.27. The first kappa shape index (κ1) is 14.1. The smallest absolute Gasteiger partial charge is 0.310 e. The fourth-order valence-electron chi connectivity index (χ4n) is 3.69. The molecule has 1 heterocycles. The van der Waals surface area contributed by atoms with Crippen LogP contribution in [0.15, 0.2) is 22.7 Å². The number of aliphatic carboxylic acids is 1. The predicted octanol–water partition coefficient (Wildman–Crippen LogP) is 3.62. The average molecular weight is 338 g/mol. The number of carboxylic acids is 1. The van der Waals surface area contributed by atoms with E-state index in [0.29, 0.717) is 12.6 Å². The molecule has 1 saturated heterocycles. The van der Waals surface area contributed by atoms with Crippen LogP contribution in [0.1, 0.15) is 43.4 Å². The summed E-state index contributed by atoms with van der Waals surface area (Å²) in [7, 11) is 0. The van der Waals surface area contributed by atoms with E-state index in [1.54, 1.807) is 0 Å². The van der Waals surface area contributed by atoms with Crippen LogP contribution in [0.3, 0.4) is 0 Å². The van der Waals surface area contributed by atoms with E-state index in [0.717, 1.165) is 32.2 Å². The topological polar surface area (TPSA) is 40.5 Å². The van der Waals surface area contributed by atoms with E-state index in [9.17, 15) is 9.90 Å². The number of hydrogen-bond donors (Lipinski definition) is 1. The van der Waals surface area contributed by atoms with Gasteiger partial charge in [-0.3, -0.25) is 9.69 Å². The molecule has 0 bridgehead atoms. The molecule has 3 rings (SSSR count). The van der Waals surface area contributed by atoms with Crippen molar-refractivity contribution in [3.63, 3.8) is 0 Å². The van der Waals surface area contributed by atoms with Crippen molar-refractivity contribution < 1.29 is 9.90 Å². The number of rotatable bonds is 2. The van der Waals surface area contributed by atoms with Crippen molar-refractivity contribution in [2.24, 2.45) is 5.41 Å². The largest absolute Gasteiger partial charge is 0.481 e. The number of halogens is 1. The molecule has 0 saturated carbocycles. The van der Waals surface area contributed by atoms with E-state index >= 15 is 0 Å². The number of carboxylic acid groups (broad SMARTS) is 1. The van der Waals surface area contributed by atoms with Gasteiger partial charge in [0.1, 0.15) is 0 Å². The lowest BCUT2D eigenvalue weighted by Gasteiger charge is -2.41. The fraction of sp³-hybridized carbons (Fsp3) is 0.562. The standard InChI is InChI=1S/C16H20BrNO2/c1-16(15(19)20)8-3-9-18(10-16)14-7-6-11-12(14)4-2-5-13(11)17/h2,4-5,14H,3,6-10H2,1H3,(H,19,20). The molecule has 1 N–H and O–H groups in total. The van der Waals surface area contributed by atoms with E-state index in [2.05, 4.69) is 39.0 Å². The van der Waals surface area contributed by atoms with Crippen molar-refractivity contribution in [1.82, 2.24) is 4.90 Å². The molecule has 4 heteroatoms. The second kappa shape index (κ2) is 5.15. The van der Waals surface area contributed by atoms with Gasteiger partial charge in [0.15, 0.2) is 0 Å². The summed E-state index contributed by atoms with van der Waals surface area (Å²) in [5.41, 5.74) is 2.20. The van der Waals surface area contributed by atoms with Crippen LogP contribution in [-0.2, 0) is 11.2 Å². The van der Waals surface area contributed by atoms with Crippen molar-refractivity contribution >= 4 is 21.9 Å². The van der Waals surface area contributed by atoms with E-state index in [-0.39, 0.29) is 0 Å². The van der Waals surface area contributed by atoms with Crippen molar-refractivity contribution in [2.45, 2.75) is 38.6 Å². The summed E-state index contributed by atoms with van der Waals surface area (Å²) in [6.07, 6.45) is 3.95. The molecule has 20 heavy (non-hydrogen) atoms. The normalized spacial score (nSPS) is 30.2. The monoisotopic (exact) mass is 337 g/mol. The number of hydrogen-bond acceptors (Lipinski definition) is 2. The number of fused-ring (bicyclic) bond motifs is 1. The minimum Gasteiger partial charge on any atom is -0.481 e. The van der Waals surface area contributed by atoms with Gasteiger partial charge in [-0.05, 0) is 56.3 Å². The zero-order valence-corrected chi connectivity index (χ0v) is 13.3. The van der Waals surface area contributed by atoms with Crippen LogP contribution in [0.2, 0.25) is 0 Å². The minimum absolute atomic E-state index is 0.390. The van der Waals surface area contributed by atoms with E-state index in [4.69, 9.17) is 0 Å². The summed E-state index contributed by atoms with van der Waals surface area (Å²) in [5.74, 6) is -0.658. The summed E-state index contributed by atoms with van der Waals surface area (Å²) < 4.78 is 1.19. The number of piperidine rings is 1. The Morgan fingerprint density at radius 3 is 3.05 bits per heavy atom. The summed E-state index contributed by atoms with van der Waals surface area (Å²) >= 11 is 3.63. The Balaban J connectivity index is 1.85. The Labute approximate surface area is 128 Å². The predicted molar refractivity (Wildman–Crippen MR) is 81.8 cm³/mol. The van der Waals surface area contributed by atoms with Crippen molar-refractivity contribution in [3.05, 3.63) is 33.8 Å². The van der Waals surface area contributed by atoms with Crippen LogP contribution in [-0.4, -0.2) is 29.1 Å². The zero-order valence-electron chi connectivity index (χ0n) is 11.7. The summed E-state index contributed by atoms with van der Waals surface area (Å²) in [5, 5.41) is 9.46. The molecule has 0 spiro atoms. The van der Waals surface area contributed by atoms with Gasteiger partial charge >= 0.3 is 5.97 Å². The number of benzene rings is 1. The van der Waals surface area contributed by atoms with Crippen LogP contribution in [0.5, 0.6) is 0 Å². The summed E-state index contributed by atoms with van der Waals surface area (Å²) in [4.78, 5) is 13.9. The molecule has 2 unspecified atom stereocenters. The summed E-state index contributed by atoms with van der Waals surface area (Å²) in [6, 6.07) is 6.77.